The van der Waals surface area contributed by atoms with E-state index in [1.807, 2.05) is 0 Å². The predicted octanol–water partition coefficient (Wildman–Crippen LogP) is 6.52. The van der Waals surface area contributed by atoms with Crippen molar-refractivity contribution in [1.82, 2.24) is 0 Å². The maximum absolute atomic E-state index is 10.4. The van der Waals surface area contributed by atoms with Crippen molar-refractivity contribution < 1.29 is 24.5 Å². The van der Waals surface area contributed by atoms with Gasteiger partial charge in [-0.05, 0) is 25.7 Å². The second-order valence-corrected chi connectivity index (χ2v) is 7.72. The van der Waals surface area contributed by atoms with Gasteiger partial charge < -0.3 is 14.9 Å². The van der Waals surface area contributed by atoms with Crippen LogP contribution in [0.15, 0.2) is 24.8 Å². The summed E-state index contributed by atoms with van der Waals surface area (Å²) < 4.78 is 5.57. The van der Waals surface area contributed by atoms with E-state index in [4.69, 9.17) is 14.9 Å². The number of rotatable bonds is 18. The maximum atomic E-state index is 10.4. The summed E-state index contributed by atoms with van der Waals surface area (Å²) in [6.07, 6.45) is 24.1. The molecular formula is C24H42O5. The van der Waals surface area contributed by atoms with E-state index in [1.165, 1.54) is 77.0 Å². The Bertz CT molecular complexity index is 458. The van der Waals surface area contributed by atoms with E-state index in [1.54, 1.807) is 0 Å². The highest BCUT2D eigenvalue weighted by Gasteiger charge is 2.34. The average Bonchev–Trinajstić information content (AvgIpc) is 3.43. The monoisotopic (exact) mass is 410 g/mol. The molecule has 0 aromatic carbocycles. The lowest BCUT2D eigenvalue weighted by atomic mass is 10.0. The molecule has 29 heavy (non-hydrogen) atoms. The topological polar surface area (TPSA) is 87.1 Å². The number of ether oxygens (including phenoxy) is 1. The van der Waals surface area contributed by atoms with E-state index in [9.17, 15) is 9.59 Å². The van der Waals surface area contributed by atoms with Gasteiger partial charge in [-0.1, -0.05) is 89.9 Å². The van der Waals surface area contributed by atoms with Gasteiger partial charge >= 0.3 is 11.9 Å². The highest BCUT2D eigenvalue weighted by Crippen LogP contribution is 2.27. The molecule has 1 heterocycles. The van der Waals surface area contributed by atoms with Crippen LogP contribution in [0.4, 0.5) is 0 Å². The van der Waals surface area contributed by atoms with Crippen molar-refractivity contribution in [2.45, 2.75) is 115 Å². The first-order valence-corrected chi connectivity index (χ1v) is 11.4. The van der Waals surface area contributed by atoms with Crippen LogP contribution in [0.5, 0.6) is 0 Å². The van der Waals surface area contributed by atoms with E-state index >= 15 is 0 Å². The van der Waals surface area contributed by atoms with Gasteiger partial charge in [0.15, 0.2) is 0 Å². The molecule has 2 atom stereocenters. The number of carboxylic acids is 2. The van der Waals surface area contributed by atoms with E-state index in [0.717, 1.165) is 18.9 Å². The summed E-state index contributed by atoms with van der Waals surface area (Å²) in [6, 6.07) is 0. The summed E-state index contributed by atoms with van der Waals surface area (Å²) in [5.41, 5.74) is 0. The second kappa shape index (κ2) is 19.7. The molecule has 0 radical (unpaired) electrons. The third-order valence-corrected chi connectivity index (χ3v) is 4.96. The molecule has 1 saturated heterocycles. The average molecular weight is 411 g/mol. The summed E-state index contributed by atoms with van der Waals surface area (Å²) in [5, 5.41) is 16.2. The van der Waals surface area contributed by atoms with Crippen LogP contribution in [-0.4, -0.2) is 34.4 Å². The normalized spacial score (nSPS) is 17.6. The fraction of sp³-hybridized carbons (Fsp3) is 0.750. The van der Waals surface area contributed by atoms with Gasteiger partial charge in [0.1, 0.15) is 6.10 Å². The summed E-state index contributed by atoms with van der Waals surface area (Å²) in [5.74, 6) is -1.64. The Morgan fingerprint density at radius 3 is 1.83 bits per heavy atom. The first kappa shape index (κ1) is 27.4. The maximum Gasteiger partial charge on any atom is 0.327 e. The van der Waals surface area contributed by atoms with Crippen LogP contribution in [0.1, 0.15) is 103 Å². The number of hydrogen-bond donors (Lipinski definition) is 2. The van der Waals surface area contributed by atoms with E-state index in [2.05, 4.69) is 25.7 Å². The lowest BCUT2D eigenvalue weighted by molar-refractivity contribution is -0.137. The smallest absolute Gasteiger partial charge is 0.327 e. The Morgan fingerprint density at radius 1 is 0.897 bits per heavy atom. The van der Waals surface area contributed by atoms with Crippen molar-refractivity contribution in [3.8, 4) is 0 Å². The van der Waals surface area contributed by atoms with Gasteiger partial charge in [-0.3, -0.25) is 4.79 Å². The standard InChI is InChI=1S/C21H38O3.C3H4O2/c1-2-16-19-20(24-19)17-14-12-10-8-6-4-3-5-7-9-11-13-15-18-21(22)23;1-2-3(4)5/h14,17,19-20H,2-13,15-16,18H2,1H3,(H,22,23);2H,1H2,(H,4,5). The molecule has 0 aromatic rings. The van der Waals surface area contributed by atoms with Crippen molar-refractivity contribution in [3.05, 3.63) is 24.8 Å². The van der Waals surface area contributed by atoms with Crippen LogP contribution in [0, 0.1) is 0 Å². The van der Waals surface area contributed by atoms with Gasteiger partial charge in [0.25, 0.3) is 0 Å². The van der Waals surface area contributed by atoms with Gasteiger partial charge in [0, 0.05) is 12.5 Å². The number of epoxide rings is 1. The third-order valence-electron chi connectivity index (χ3n) is 4.96. The molecule has 168 valence electrons. The SMILES string of the molecule is C=CC(=O)O.CCCC1OC1C=CCCCCCCCCCCCCCC(=O)O. The molecule has 0 amide bonds. The first-order chi connectivity index (χ1) is 14.0. The number of aliphatic carboxylic acids is 2. The lowest BCUT2D eigenvalue weighted by Gasteiger charge is -2.02. The Kier molecular flexibility index (Phi) is 18.6. The summed E-state index contributed by atoms with van der Waals surface area (Å²) in [4.78, 5) is 19.6. The fourth-order valence-electron chi connectivity index (χ4n) is 3.20. The molecular weight excluding hydrogens is 368 g/mol. The van der Waals surface area contributed by atoms with Crippen molar-refractivity contribution >= 4 is 11.9 Å². The Morgan fingerprint density at radius 2 is 1.38 bits per heavy atom. The zero-order valence-corrected chi connectivity index (χ0v) is 18.3. The number of carboxylic acid groups (broad SMARTS) is 2. The van der Waals surface area contributed by atoms with Crippen molar-refractivity contribution in [1.29, 1.82) is 0 Å². The molecule has 2 unspecified atom stereocenters. The molecule has 0 spiro atoms. The molecule has 0 bridgehead atoms. The largest absolute Gasteiger partial charge is 0.481 e. The van der Waals surface area contributed by atoms with Gasteiger partial charge in [-0.15, -0.1) is 0 Å². The molecule has 0 aromatic heterocycles. The van der Waals surface area contributed by atoms with Crippen LogP contribution < -0.4 is 0 Å². The van der Waals surface area contributed by atoms with Crippen LogP contribution >= 0.6 is 0 Å². The molecule has 0 aliphatic carbocycles. The quantitative estimate of drug-likeness (QED) is 0.116. The van der Waals surface area contributed by atoms with E-state index in [0.29, 0.717) is 18.6 Å². The molecule has 1 fully saturated rings. The molecule has 5 nitrogen and oxygen atoms in total. The van der Waals surface area contributed by atoms with Crippen molar-refractivity contribution in [2.24, 2.45) is 0 Å². The van der Waals surface area contributed by atoms with Crippen LogP contribution in [0.25, 0.3) is 0 Å². The minimum absolute atomic E-state index is 0.336. The Labute approximate surface area is 177 Å². The highest BCUT2D eigenvalue weighted by atomic mass is 16.6. The van der Waals surface area contributed by atoms with E-state index < -0.39 is 11.9 Å². The van der Waals surface area contributed by atoms with Crippen LogP contribution in [-0.2, 0) is 14.3 Å². The first-order valence-electron chi connectivity index (χ1n) is 11.4. The van der Waals surface area contributed by atoms with Crippen LogP contribution in [0.3, 0.4) is 0 Å². The molecule has 1 aliphatic rings. The van der Waals surface area contributed by atoms with Gasteiger partial charge in [-0.25, -0.2) is 4.79 Å². The number of hydrogen-bond acceptors (Lipinski definition) is 3. The minimum Gasteiger partial charge on any atom is -0.481 e. The molecule has 1 rings (SSSR count). The number of unbranched alkanes of at least 4 members (excludes halogenated alkanes) is 11. The minimum atomic E-state index is -0.981. The zero-order chi connectivity index (χ0) is 21.7. The Balaban J connectivity index is 0.00000139. The molecule has 1 aliphatic heterocycles. The van der Waals surface area contributed by atoms with E-state index in [-0.39, 0.29) is 0 Å². The van der Waals surface area contributed by atoms with Gasteiger partial charge in [-0.2, -0.15) is 0 Å². The zero-order valence-electron chi connectivity index (χ0n) is 18.3. The van der Waals surface area contributed by atoms with Gasteiger partial charge in [0.05, 0.1) is 6.10 Å². The lowest BCUT2D eigenvalue weighted by Crippen LogP contribution is -1.93. The summed E-state index contributed by atoms with van der Waals surface area (Å²) >= 11 is 0. The highest BCUT2D eigenvalue weighted by molar-refractivity contribution is 5.78. The predicted molar refractivity (Wildman–Crippen MR) is 118 cm³/mol. The molecule has 5 heteroatoms. The number of carbonyl (C=O) groups is 2. The van der Waals surface area contributed by atoms with Crippen molar-refractivity contribution in [2.75, 3.05) is 0 Å². The summed E-state index contributed by atoms with van der Waals surface area (Å²) in [7, 11) is 0. The third kappa shape index (κ3) is 20.9. The molecule has 0 saturated carbocycles. The Hall–Kier alpha value is -1.62. The summed E-state index contributed by atoms with van der Waals surface area (Å²) in [6.45, 7) is 5.17. The second-order valence-electron chi connectivity index (χ2n) is 7.72. The van der Waals surface area contributed by atoms with Crippen molar-refractivity contribution in [3.63, 3.8) is 0 Å². The fourth-order valence-corrected chi connectivity index (χ4v) is 3.20. The number of allylic oxidation sites excluding steroid dienone is 1. The van der Waals surface area contributed by atoms with Crippen LogP contribution in [0.2, 0.25) is 0 Å². The molecule has 2 N–H and O–H groups in total. The van der Waals surface area contributed by atoms with Gasteiger partial charge in [0.2, 0.25) is 0 Å².